The van der Waals surface area contributed by atoms with E-state index in [1.807, 2.05) is 0 Å². The zero-order valence-electron chi connectivity index (χ0n) is 12.5. The highest BCUT2D eigenvalue weighted by atomic mass is 35.5. The molecule has 0 radical (unpaired) electrons. The molecular formula is C15H12Cl6O4. The normalized spacial score (nSPS) is 29.1. The van der Waals surface area contributed by atoms with Crippen molar-refractivity contribution in [1.29, 1.82) is 0 Å². The van der Waals surface area contributed by atoms with Gasteiger partial charge < -0.3 is 19.7 Å². The van der Waals surface area contributed by atoms with Crippen molar-refractivity contribution >= 4 is 69.6 Å². The summed E-state index contributed by atoms with van der Waals surface area (Å²) in [5, 5.41) is 18.1. The summed E-state index contributed by atoms with van der Waals surface area (Å²) in [6.07, 6.45) is 0. The Morgan fingerprint density at radius 2 is 1.12 bits per heavy atom. The average Bonchev–Trinajstić information content (AvgIpc) is 2.80. The first-order chi connectivity index (χ1) is 11.7. The lowest BCUT2D eigenvalue weighted by molar-refractivity contribution is 0.196. The Labute approximate surface area is 174 Å². The molecule has 0 aliphatic heterocycles. The first kappa shape index (κ1) is 20.0. The van der Waals surface area contributed by atoms with Gasteiger partial charge in [0.1, 0.15) is 34.5 Å². The number of alkyl halides is 4. The van der Waals surface area contributed by atoms with Crippen molar-refractivity contribution in [2.24, 2.45) is 0 Å². The Kier molecular flexibility index (Phi) is 5.33. The van der Waals surface area contributed by atoms with Gasteiger partial charge in [0.25, 0.3) is 0 Å². The maximum Gasteiger partial charge on any atom is 0.174 e. The van der Waals surface area contributed by atoms with E-state index in [1.165, 1.54) is 0 Å². The lowest BCUT2D eigenvalue weighted by Crippen LogP contribution is -2.39. The number of halogens is 6. The number of hydrogen-bond donors (Lipinski definition) is 2. The predicted molar refractivity (Wildman–Crippen MR) is 99.8 cm³/mol. The fourth-order valence-electron chi connectivity index (χ4n) is 3.15. The highest BCUT2D eigenvalue weighted by Crippen LogP contribution is 2.79. The van der Waals surface area contributed by atoms with E-state index in [0.717, 1.165) is 0 Å². The van der Waals surface area contributed by atoms with Crippen LogP contribution in [0, 0.1) is 0 Å². The smallest absolute Gasteiger partial charge is 0.174 e. The number of benzene rings is 1. The van der Waals surface area contributed by atoms with Gasteiger partial charge in [-0.25, -0.2) is 0 Å². The predicted octanol–water partition coefficient (Wildman–Crippen LogP) is 4.19. The maximum atomic E-state index is 9.05. The van der Waals surface area contributed by atoms with Crippen LogP contribution in [-0.2, 0) is 9.75 Å². The van der Waals surface area contributed by atoms with Gasteiger partial charge in [-0.2, -0.15) is 0 Å². The highest BCUT2D eigenvalue weighted by Gasteiger charge is 2.79. The van der Waals surface area contributed by atoms with Crippen molar-refractivity contribution in [2.75, 3.05) is 26.4 Å². The van der Waals surface area contributed by atoms with E-state index in [2.05, 4.69) is 0 Å². The zero-order valence-corrected chi connectivity index (χ0v) is 17.0. The zero-order chi connectivity index (χ0) is 18.6. The average molecular weight is 469 g/mol. The molecule has 2 aliphatic rings. The van der Waals surface area contributed by atoms with Crippen LogP contribution < -0.4 is 9.47 Å². The van der Waals surface area contributed by atoms with E-state index < -0.39 is 14.1 Å². The summed E-state index contributed by atoms with van der Waals surface area (Å²) < 4.78 is 9.29. The molecule has 0 aromatic heterocycles. The third-order valence-corrected chi connectivity index (χ3v) is 8.26. The third-order valence-electron chi connectivity index (χ3n) is 4.18. The Hall–Kier alpha value is 0.220. The molecule has 2 bridgehead atoms. The monoisotopic (exact) mass is 466 g/mol. The molecule has 138 valence electrons. The van der Waals surface area contributed by atoms with E-state index in [1.54, 1.807) is 12.1 Å². The van der Waals surface area contributed by atoms with Crippen molar-refractivity contribution in [1.82, 2.24) is 0 Å². The number of aliphatic hydroxyl groups excluding tert-OH is 2. The first-order valence-electron chi connectivity index (χ1n) is 7.16. The van der Waals surface area contributed by atoms with E-state index in [-0.39, 0.29) is 36.5 Å². The van der Waals surface area contributed by atoms with Crippen molar-refractivity contribution < 1.29 is 19.7 Å². The van der Waals surface area contributed by atoms with Gasteiger partial charge in [-0.1, -0.05) is 46.4 Å². The minimum absolute atomic E-state index is 0.00325. The topological polar surface area (TPSA) is 58.9 Å². The van der Waals surface area contributed by atoms with Crippen molar-refractivity contribution in [3.8, 4) is 11.5 Å². The maximum absolute atomic E-state index is 9.05. The molecule has 1 aromatic rings. The summed E-state index contributed by atoms with van der Waals surface area (Å²) in [6, 6.07) is 3.16. The summed E-state index contributed by atoms with van der Waals surface area (Å²) in [5.41, 5.74) is 0.653. The Bertz CT molecular complexity index is 693. The Morgan fingerprint density at radius 3 is 1.44 bits per heavy atom. The van der Waals surface area contributed by atoms with Crippen LogP contribution in [0.1, 0.15) is 11.1 Å². The van der Waals surface area contributed by atoms with Gasteiger partial charge in [-0.15, -0.1) is 23.2 Å². The van der Waals surface area contributed by atoms with Gasteiger partial charge in [0.05, 0.1) is 23.3 Å². The number of allylic oxidation sites excluding steroid dienone is 2. The van der Waals surface area contributed by atoms with Crippen LogP contribution in [0.25, 0.3) is 0 Å². The molecule has 2 N–H and O–H groups in total. The largest absolute Gasteiger partial charge is 0.491 e. The second-order valence-corrected chi connectivity index (χ2v) is 8.69. The quantitative estimate of drug-likeness (QED) is 0.615. The second kappa shape index (κ2) is 6.68. The number of hydrogen-bond acceptors (Lipinski definition) is 4. The lowest BCUT2D eigenvalue weighted by Gasteiger charge is -2.31. The summed E-state index contributed by atoms with van der Waals surface area (Å²) >= 11 is 39.4. The Balaban J connectivity index is 2.31. The number of rotatable bonds is 6. The second-order valence-electron chi connectivity index (χ2n) is 5.48. The van der Waals surface area contributed by atoms with Crippen LogP contribution >= 0.6 is 69.6 Å². The molecule has 0 saturated carbocycles. The minimum atomic E-state index is -1.82. The van der Waals surface area contributed by atoms with Gasteiger partial charge >= 0.3 is 0 Å². The molecule has 2 aliphatic carbocycles. The molecule has 0 spiro atoms. The van der Waals surface area contributed by atoms with Gasteiger partial charge in [0.15, 0.2) is 4.33 Å². The van der Waals surface area contributed by atoms with E-state index >= 15 is 0 Å². The van der Waals surface area contributed by atoms with E-state index in [4.69, 9.17) is 89.3 Å². The fourth-order valence-corrected chi connectivity index (χ4v) is 5.85. The van der Waals surface area contributed by atoms with Gasteiger partial charge in [0.2, 0.25) is 0 Å². The fraction of sp³-hybridized carbons (Fsp3) is 0.467. The number of ether oxygens (including phenoxy) is 2. The summed E-state index contributed by atoms with van der Waals surface area (Å²) in [4.78, 5) is -3.32. The van der Waals surface area contributed by atoms with E-state index in [9.17, 15) is 0 Å². The van der Waals surface area contributed by atoms with Crippen molar-refractivity contribution in [3.05, 3.63) is 33.3 Å². The first-order valence-corrected chi connectivity index (χ1v) is 9.43. The van der Waals surface area contributed by atoms with Crippen molar-refractivity contribution in [3.63, 3.8) is 0 Å². The molecule has 10 heteroatoms. The van der Waals surface area contributed by atoms with E-state index in [0.29, 0.717) is 22.6 Å². The minimum Gasteiger partial charge on any atom is -0.491 e. The Morgan fingerprint density at radius 1 is 0.760 bits per heavy atom. The van der Waals surface area contributed by atoms with Crippen LogP contribution in [0.4, 0.5) is 0 Å². The third kappa shape index (κ3) is 2.36. The molecule has 0 fully saturated rings. The van der Waals surface area contributed by atoms with Crippen LogP contribution in [0.15, 0.2) is 22.2 Å². The molecule has 25 heavy (non-hydrogen) atoms. The SMILES string of the molecule is OCCOc1ccc(OCCO)c2c1C1(Cl)C(Cl)=C(Cl)C2(Cl)C1(Cl)Cl. The molecule has 2 atom stereocenters. The van der Waals surface area contributed by atoms with Gasteiger partial charge in [-0.05, 0) is 12.1 Å². The number of fused-ring (bicyclic) bond motifs is 5. The number of aliphatic hydroxyl groups is 2. The molecule has 2 unspecified atom stereocenters. The summed E-state index contributed by atoms with van der Waals surface area (Å²) in [6.45, 7) is -0.400. The standard InChI is InChI=1S/C15H12Cl6O4/c16-11-12(17)14(19)10-8(25-6-4-23)2-1-7(24-5-3-22)9(10)13(11,18)15(14,20)21/h1-2,22-23H,3-6H2. The molecule has 0 amide bonds. The lowest BCUT2D eigenvalue weighted by atomic mass is 9.93. The van der Waals surface area contributed by atoms with Crippen LogP contribution in [-0.4, -0.2) is 41.0 Å². The molecular weight excluding hydrogens is 457 g/mol. The molecule has 3 rings (SSSR count). The van der Waals surface area contributed by atoms with Gasteiger partial charge in [0, 0.05) is 11.1 Å². The van der Waals surface area contributed by atoms with Crippen molar-refractivity contribution in [2.45, 2.75) is 14.1 Å². The van der Waals surface area contributed by atoms with Crippen LogP contribution in [0.3, 0.4) is 0 Å². The summed E-state index contributed by atoms with van der Waals surface area (Å²) in [7, 11) is 0. The highest BCUT2D eigenvalue weighted by molar-refractivity contribution is 6.65. The summed E-state index contributed by atoms with van der Waals surface area (Å²) in [5.74, 6) is 0.594. The molecule has 0 saturated heterocycles. The molecule has 4 nitrogen and oxygen atoms in total. The molecule has 0 heterocycles. The van der Waals surface area contributed by atoms with Crippen LogP contribution in [0.5, 0.6) is 11.5 Å². The van der Waals surface area contributed by atoms with Crippen LogP contribution in [0.2, 0.25) is 0 Å². The molecule has 1 aromatic carbocycles. The van der Waals surface area contributed by atoms with Gasteiger partial charge in [-0.3, -0.25) is 0 Å².